The normalized spacial score (nSPS) is 24.6. The van der Waals surface area contributed by atoms with Crippen LogP contribution in [0.4, 0.5) is 15.6 Å². The second kappa shape index (κ2) is 7.38. The van der Waals surface area contributed by atoms with Crippen molar-refractivity contribution in [1.29, 1.82) is 0 Å². The second-order valence-electron chi connectivity index (χ2n) is 7.38. The summed E-state index contributed by atoms with van der Waals surface area (Å²) in [5.41, 5.74) is 1.90. The van der Waals surface area contributed by atoms with Crippen LogP contribution >= 0.6 is 11.3 Å². The Labute approximate surface area is 167 Å². The van der Waals surface area contributed by atoms with Gasteiger partial charge in [-0.1, -0.05) is 11.3 Å². The van der Waals surface area contributed by atoms with E-state index in [2.05, 4.69) is 21.3 Å². The molecule has 2 unspecified atom stereocenters. The fourth-order valence-corrected chi connectivity index (χ4v) is 5.21. The third-order valence-corrected chi connectivity index (χ3v) is 6.60. The Morgan fingerprint density at radius 1 is 1.25 bits per heavy atom. The number of carbonyl (C=O) groups excluding carboxylic acids is 1. The number of benzene rings is 1. The zero-order valence-corrected chi connectivity index (χ0v) is 16.7. The number of hydrogen-bond acceptors (Lipinski definition) is 7. The van der Waals surface area contributed by atoms with Crippen molar-refractivity contribution >= 4 is 38.4 Å². The van der Waals surface area contributed by atoms with Crippen LogP contribution in [0.2, 0.25) is 0 Å². The van der Waals surface area contributed by atoms with Crippen LogP contribution in [0, 0.1) is 0 Å². The van der Waals surface area contributed by atoms with Crippen molar-refractivity contribution in [2.24, 2.45) is 0 Å². The topological polar surface area (TPSA) is 76.2 Å². The number of anilines is 2. The summed E-state index contributed by atoms with van der Waals surface area (Å²) in [6.45, 7) is 4.42. The van der Waals surface area contributed by atoms with Gasteiger partial charge in [-0.05, 0) is 25.0 Å². The van der Waals surface area contributed by atoms with Crippen molar-refractivity contribution in [1.82, 2.24) is 9.88 Å². The minimum absolute atomic E-state index is 0.105. The first kappa shape index (κ1) is 18.0. The number of thiazole rings is 1. The highest BCUT2D eigenvalue weighted by molar-refractivity contribution is 7.23. The Hall–Kier alpha value is -2.10. The predicted molar refractivity (Wildman–Crippen MR) is 108 cm³/mol. The molecule has 2 aromatic rings. The van der Waals surface area contributed by atoms with Gasteiger partial charge in [0.2, 0.25) is 0 Å². The van der Waals surface area contributed by atoms with Gasteiger partial charge in [0.1, 0.15) is 11.3 Å². The molecule has 5 rings (SSSR count). The molecule has 4 heterocycles. The molecule has 0 spiro atoms. The van der Waals surface area contributed by atoms with Gasteiger partial charge in [0.25, 0.3) is 0 Å². The van der Waals surface area contributed by atoms with Crippen LogP contribution in [0.3, 0.4) is 0 Å². The van der Waals surface area contributed by atoms with Crippen molar-refractivity contribution in [2.75, 3.05) is 56.7 Å². The van der Waals surface area contributed by atoms with Gasteiger partial charge in [-0.3, -0.25) is 5.32 Å². The summed E-state index contributed by atoms with van der Waals surface area (Å²) in [6.07, 6.45) is 2.42. The molecule has 0 aliphatic carbocycles. The van der Waals surface area contributed by atoms with Gasteiger partial charge in [-0.2, -0.15) is 0 Å². The lowest BCUT2D eigenvalue weighted by atomic mass is 10.2. The van der Waals surface area contributed by atoms with E-state index >= 15 is 0 Å². The number of nitrogens with zero attached hydrogens (tertiary/aromatic N) is 3. The largest absolute Gasteiger partial charge is 0.494 e. The number of morpholine rings is 2. The van der Waals surface area contributed by atoms with E-state index in [0.29, 0.717) is 24.0 Å². The molecule has 3 aliphatic heterocycles. The SMILES string of the molecule is COc1ccc(N2CCOCC2)c2sc(NC(=O)N3CC4CCC(C3)O4)nc12. The number of carbonyl (C=O) groups is 1. The van der Waals surface area contributed by atoms with Gasteiger partial charge >= 0.3 is 6.03 Å². The van der Waals surface area contributed by atoms with Crippen LogP contribution in [0.1, 0.15) is 12.8 Å². The van der Waals surface area contributed by atoms with Crippen molar-refractivity contribution in [3.8, 4) is 5.75 Å². The van der Waals surface area contributed by atoms with E-state index in [-0.39, 0.29) is 18.2 Å². The third-order valence-electron chi connectivity index (χ3n) is 5.60. The molecule has 1 N–H and O–H groups in total. The first-order chi connectivity index (χ1) is 13.7. The maximum Gasteiger partial charge on any atom is 0.323 e. The predicted octanol–water partition coefficient (Wildman–Crippen LogP) is 2.54. The fraction of sp³-hybridized carbons (Fsp3) is 0.579. The summed E-state index contributed by atoms with van der Waals surface area (Å²) in [6, 6.07) is 3.90. The molecule has 9 heteroatoms. The standard InChI is InChI=1S/C19H24N4O4S/c1-25-15-5-4-14(22-6-8-26-9-7-22)17-16(15)20-18(28-17)21-19(24)23-10-12-2-3-13(11-23)27-12/h4-5,12-13H,2-3,6-11H2,1H3,(H,20,21,24). The number of nitrogens with one attached hydrogen (secondary N) is 1. The van der Waals surface area contributed by atoms with Gasteiger partial charge in [-0.25, -0.2) is 9.78 Å². The number of likely N-dealkylation sites (tertiary alicyclic amines) is 1. The van der Waals surface area contributed by atoms with Crippen LogP contribution in [-0.4, -0.2) is 74.6 Å². The second-order valence-corrected chi connectivity index (χ2v) is 8.37. The van der Waals surface area contributed by atoms with E-state index in [1.54, 1.807) is 7.11 Å². The number of methoxy groups -OCH3 is 1. The number of ether oxygens (including phenoxy) is 3. The number of urea groups is 1. The molecule has 28 heavy (non-hydrogen) atoms. The van der Waals surface area contributed by atoms with E-state index in [1.807, 2.05) is 11.0 Å². The highest BCUT2D eigenvalue weighted by Crippen LogP contribution is 2.39. The van der Waals surface area contributed by atoms with Gasteiger partial charge < -0.3 is 24.0 Å². The molecule has 1 aromatic carbocycles. The quantitative estimate of drug-likeness (QED) is 0.847. The Morgan fingerprint density at radius 3 is 2.71 bits per heavy atom. The minimum Gasteiger partial charge on any atom is -0.494 e. The number of aromatic nitrogens is 1. The lowest BCUT2D eigenvalue weighted by Gasteiger charge is -2.31. The van der Waals surface area contributed by atoms with Crippen molar-refractivity contribution in [3.05, 3.63) is 12.1 Å². The minimum atomic E-state index is -0.105. The van der Waals surface area contributed by atoms with Crippen LogP contribution in [0.25, 0.3) is 10.2 Å². The van der Waals surface area contributed by atoms with Gasteiger partial charge in [0.15, 0.2) is 5.13 Å². The van der Waals surface area contributed by atoms with Crippen molar-refractivity contribution in [3.63, 3.8) is 0 Å². The molecule has 0 radical (unpaired) electrons. The zero-order chi connectivity index (χ0) is 19.1. The van der Waals surface area contributed by atoms with Gasteiger partial charge in [-0.15, -0.1) is 0 Å². The highest BCUT2D eigenvalue weighted by atomic mass is 32.1. The number of rotatable bonds is 3. The summed E-state index contributed by atoms with van der Waals surface area (Å²) in [5, 5.41) is 3.59. The molecule has 2 atom stereocenters. The van der Waals surface area contributed by atoms with E-state index in [0.717, 1.165) is 55.0 Å². The Bertz CT molecular complexity index is 870. The number of hydrogen-bond donors (Lipinski definition) is 1. The summed E-state index contributed by atoms with van der Waals surface area (Å²) >= 11 is 1.49. The maximum atomic E-state index is 12.8. The molecule has 0 saturated carbocycles. The Kier molecular flexibility index (Phi) is 4.73. The van der Waals surface area contributed by atoms with E-state index in [4.69, 9.17) is 14.2 Å². The molecule has 2 amide bonds. The van der Waals surface area contributed by atoms with Crippen LogP contribution < -0.4 is 15.0 Å². The van der Waals surface area contributed by atoms with Crippen LogP contribution in [0.15, 0.2) is 12.1 Å². The van der Waals surface area contributed by atoms with Gasteiger partial charge in [0.05, 0.1) is 42.9 Å². The molecule has 8 nitrogen and oxygen atoms in total. The molecule has 2 bridgehead atoms. The molecular weight excluding hydrogens is 380 g/mol. The average Bonchev–Trinajstić information content (AvgIpc) is 3.30. The van der Waals surface area contributed by atoms with Crippen LogP contribution in [0.5, 0.6) is 5.75 Å². The molecular formula is C19H24N4O4S. The molecule has 3 saturated heterocycles. The molecule has 1 aromatic heterocycles. The monoisotopic (exact) mass is 404 g/mol. The van der Waals surface area contributed by atoms with E-state index in [9.17, 15) is 4.79 Å². The third kappa shape index (κ3) is 3.27. The number of fused-ring (bicyclic) bond motifs is 3. The maximum absolute atomic E-state index is 12.8. The Balaban J connectivity index is 1.41. The Morgan fingerprint density at radius 2 is 2.00 bits per heavy atom. The average molecular weight is 404 g/mol. The molecule has 150 valence electrons. The number of amides is 2. The lowest BCUT2D eigenvalue weighted by molar-refractivity contribution is -0.0219. The fourth-order valence-electron chi connectivity index (χ4n) is 4.19. The first-order valence-corrected chi connectivity index (χ1v) is 10.5. The van der Waals surface area contributed by atoms with Crippen LogP contribution in [-0.2, 0) is 9.47 Å². The first-order valence-electron chi connectivity index (χ1n) is 9.73. The van der Waals surface area contributed by atoms with E-state index in [1.165, 1.54) is 11.3 Å². The summed E-state index contributed by atoms with van der Waals surface area (Å²) < 4.78 is 17.8. The van der Waals surface area contributed by atoms with E-state index < -0.39 is 0 Å². The smallest absolute Gasteiger partial charge is 0.323 e. The lowest BCUT2D eigenvalue weighted by Crippen LogP contribution is -2.47. The summed E-state index contributed by atoms with van der Waals surface area (Å²) in [4.78, 5) is 21.6. The van der Waals surface area contributed by atoms with Gasteiger partial charge in [0, 0.05) is 26.2 Å². The summed E-state index contributed by atoms with van der Waals surface area (Å²) in [5.74, 6) is 0.716. The molecule has 3 fully saturated rings. The van der Waals surface area contributed by atoms with Crippen molar-refractivity contribution in [2.45, 2.75) is 25.0 Å². The van der Waals surface area contributed by atoms with Crippen molar-refractivity contribution < 1.29 is 19.0 Å². The molecule has 3 aliphatic rings. The highest BCUT2D eigenvalue weighted by Gasteiger charge is 2.36. The summed E-state index contributed by atoms with van der Waals surface area (Å²) in [7, 11) is 1.64. The zero-order valence-electron chi connectivity index (χ0n) is 15.8.